The zero-order valence-corrected chi connectivity index (χ0v) is 9.50. The fourth-order valence-electron chi connectivity index (χ4n) is 1.70. The van der Waals surface area contributed by atoms with Gasteiger partial charge in [-0.1, -0.05) is 38.5 Å². The number of esters is 1. The first-order chi connectivity index (χ1) is 7.24. The first-order valence-electron chi connectivity index (χ1n) is 5.78. The summed E-state index contributed by atoms with van der Waals surface area (Å²) < 4.78 is 4.90. The molecule has 1 fully saturated rings. The van der Waals surface area contributed by atoms with Gasteiger partial charge in [0.15, 0.2) is 0 Å². The maximum absolute atomic E-state index is 11.2. The molecule has 2 heteroatoms. The SMILES string of the molecule is C=C1CC(C/C=C/CCCCC)C(=O)O1. The molecule has 0 aromatic rings. The summed E-state index contributed by atoms with van der Waals surface area (Å²) in [6, 6.07) is 0. The van der Waals surface area contributed by atoms with Gasteiger partial charge in [-0.05, 0) is 19.3 Å². The lowest BCUT2D eigenvalue weighted by Crippen LogP contribution is -2.05. The van der Waals surface area contributed by atoms with Gasteiger partial charge in [-0.15, -0.1) is 0 Å². The number of hydrogen-bond acceptors (Lipinski definition) is 2. The molecule has 1 atom stereocenters. The van der Waals surface area contributed by atoms with Gasteiger partial charge in [0.2, 0.25) is 0 Å². The van der Waals surface area contributed by atoms with Crippen LogP contribution in [0.25, 0.3) is 0 Å². The second kappa shape index (κ2) is 6.44. The van der Waals surface area contributed by atoms with E-state index in [1.807, 2.05) is 0 Å². The molecule has 15 heavy (non-hydrogen) atoms. The lowest BCUT2D eigenvalue weighted by Gasteiger charge is -1.98. The summed E-state index contributed by atoms with van der Waals surface area (Å²) in [5.74, 6) is 0.516. The second-order valence-electron chi connectivity index (χ2n) is 4.06. The normalized spacial score (nSPS) is 21.3. The molecule has 1 unspecified atom stereocenters. The molecule has 0 bridgehead atoms. The van der Waals surface area contributed by atoms with E-state index < -0.39 is 0 Å². The van der Waals surface area contributed by atoms with Gasteiger partial charge < -0.3 is 4.74 Å². The Balaban J connectivity index is 2.14. The number of hydrogen-bond donors (Lipinski definition) is 0. The van der Waals surface area contributed by atoms with E-state index in [0.717, 1.165) is 12.8 Å². The third-order valence-electron chi connectivity index (χ3n) is 2.61. The van der Waals surface area contributed by atoms with Crippen LogP contribution in [0.2, 0.25) is 0 Å². The molecule has 0 N–H and O–H groups in total. The van der Waals surface area contributed by atoms with Crippen LogP contribution in [0, 0.1) is 5.92 Å². The first kappa shape index (κ1) is 12.0. The highest BCUT2D eigenvalue weighted by molar-refractivity contribution is 5.76. The molecule has 0 spiro atoms. The van der Waals surface area contributed by atoms with Crippen molar-refractivity contribution in [2.75, 3.05) is 0 Å². The number of allylic oxidation sites excluding steroid dienone is 3. The van der Waals surface area contributed by atoms with Crippen LogP contribution < -0.4 is 0 Å². The Labute approximate surface area is 92.0 Å². The quantitative estimate of drug-likeness (QED) is 0.379. The Morgan fingerprint density at radius 1 is 1.47 bits per heavy atom. The number of unbranched alkanes of at least 4 members (excludes halogenated alkanes) is 3. The third kappa shape index (κ3) is 4.32. The van der Waals surface area contributed by atoms with Crippen molar-refractivity contribution in [2.24, 2.45) is 5.92 Å². The smallest absolute Gasteiger partial charge is 0.314 e. The fraction of sp³-hybridized carbons (Fsp3) is 0.615. The number of carbonyl (C=O) groups is 1. The zero-order valence-electron chi connectivity index (χ0n) is 9.50. The largest absolute Gasteiger partial charge is 0.431 e. The molecule has 1 heterocycles. The molecule has 0 amide bonds. The average molecular weight is 208 g/mol. The van der Waals surface area contributed by atoms with Crippen molar-refractivity contribution >= 4 is 5.97 Å². The van der Waals surface area contributed by atoms with E-state index in [-0.39, 0.29) is 11.9 Å². The Morgan fingerprint density at radius 3 is 2.87 bits per heavy atom. The van der Waals surface area contributed by atoms with Gasteiger partial charge in [0, 0.05) is 6.42 Å². The first-order valence-corrected chi connectivity index (χ1v) is 5.78. The van der Waals surface area contributed by atoms with Crippen LogP contribution in [0.3, 0.4) is 0 Å². The van der Waals surface area contributed by atoms with Gasteiger partial charge in [-0.2, -0.15) is 0 Å². The molecule has 1 aliphatic heterocycles. The second-order valence-corrected chi connectivity index (χ2v) is 4.06. The highest BCUT2D eigenvalue weighted by atomic mass is 16.5. The minimum atomic E-state index is -0.113. The molecule has 1 aliphatic rings. The zero-order chi connectivity index (χ0) is 11.1. The van der Waals surface area contributed by atoms with E-state index in [4.69, 9.17) is 4.74 Å². The monoisotopic (exact) mass is 208 g/mol. The van der Waals surface area contributed by atoms with E-state index in [1.54, 1.807) is 0 Å². The fourth-order valence-corrected chi connectivity index (χ4v) is 1.70. The Bertz CT molecular complexity index is 253. The van der Waals surface area contributed by atoms with E-state index >= 15 is 0 Å². The molecule has 0 aromatic carbocycles. The summed E-state index contributed by atoms with van der Waals surface area (Å²) in [5, 5.41) is 0. The van der Waals surface area contributed by atoms with Crippen molar-refractivity contribution in [1.82, 2.24) is 0 Å². The molecule has 1 saturated heterocycles. The minimum Gasteiger partial charge on any atom is -0.431 e. The van der Waals surface area contributed by atoms with Crippen molar-refractivity contribution in [3.63, 3.8) is 0 Å². The number of ether oxygens (including phenoxy) is 1. The maximum atomic E-state index is 11.2. The van der Waals surface area contributed by atoms with Crippen LogP contribution in [0.15, 0.2) is 24.5 Å². The molecule has 0 radical (unpaired) electrons. The van der Waals surface area contributed by atoms with Crippen LogP contribution in [0.4, 0.5) is 0 Å². The highest BCUT2D eigenvalue weighted by Gasteiger charge is 2.28. The van der Waals surface area contributed by atoms with E-state index in [9.17, 15) is 4.79 Å². The Morgan fingerprint density at radius 2 is 2.27 bits per heavy atom. The van der Waals surface area contributed by atoms with Crippen LogP contribution in [0.1, 0.15) is 45.4 Å². The summed E-state index contributed by atoms with van der Waals surface area (Å²) in [4.78, 5) is 11.2. The lowest BCUT2D eigenvalue weighted by molar-refractivity contribution is -0.138. The van der Waals surface area contributed by atoms with Gasteiger partial charge in [-0.3, -0.25) is 4.79 Å². The molecule has 0 aromatic heterocycles. The van der Waals surface area contributed by atoms with Crippen LogP contribution in [-0.4, -0.2) is 5.97 Å². The third-order valence-corrected chi connectivity index (χ3v) is 2.61. The summed E-state index contributed by atoms with van der Waals surface area (Å²) in [6.07, 6.45) is 10.7. The number of rotatable bonds is 6. The standard InChI is InChI=1S/C13H20O2/c1-3-4-5-6-7-8-9-12-10-11(2)15-13(12)14/h7-8,12H,2-6,9-10H2,1H3/b8-7+. The van der Waals surface area contributed by atoms with Crippen molar-refractivity contribution in [3.05, 3.63) is 24.5 Å². The molecule has 2 nitrogen and oxygen atoms in total. The predicted octanol–water partition coefficient (Wildman–Crippen LogP) is 3.59. The maximum Gasteiger partial charge on any atom is 0.314 e. The topological polar surface area (TPSA) is 26.3 Å². The van der Waals surface area contributed by atoms with Crippen molar-refractivity contribution in [3.8, 4) is 0 Å². The molecule has 0 aliphatic carbocycles. The van der Waals surface area contributed by atoms with Crippen LogP contribution in [0.5, 0.6) is 0 Å². The number of carbonyl (C=O) groups excluding carboxylic acids is 1. The minimum absolute atomic E-state index is 0.0138. The molecule has 1 rings (SSSR count). The lowest BCUT2D eigenvalue weighted by atomic mass is 10.0. The van der Waals surface area contributed by atoms with E-state index in [0.29, 0.717) is 12.2 Å². The Kier molecular flexibility index (Phi) is 5.16. The molecular formula is C13H20O2. The van der Waals surface area contributed by atoms with E-state index in [2.05, 4.69) is 25.7 Å². The van der Waals surface area contributed by atoms with Gasteiger partial charge in [0.25, 0.3) is 0 Å². The predicted molar refractivity (Wildman–Crippen MR) is 61.2 cm³/mol. The van der Waals surface area contributed by atoms with Gasteiger partial charge in [0.05, 0.1) is 5.92 Å². The molecular weight excluding hydrogens is 188 g/mol. The molecule has 84 valence electrons. The highest BCUT2D eigenvalue weighted by Crippen LogP contribution is 2.25. The summed E-state index contributed by atoms with van der Waals surface area (Å²) >= 11 is 0. The summed E-state index contributed by atoms with van der Waals surface area (Å²) in [7, 11) is 0. The Hall–Kier alpha value is -1.05. The summed E-state index contributed by atoms with van der Waals surface area (Å²) in [5.41, 5.74) is 0. The van der Waals surface area contributed by atoms with Crippen molar-refractivity contribution < 1.29 is 9.53 Å². The van der Waals surface area contributed by atoms with Crippen LogP contribution in [-0.2, 0) is 9.53 Å². The molecule has 0 saturated carbocycles. The van der Waals surface area contributed by atoms with Gasteiger partial charge in [-0.25, -0.2) is 0 Å². The summed E-state index contributed by atoms with van der Waals surface area (Å²) in [6.45, 7) is 5.85. The van der Waals surface area contributed by atoms with E-state index in [1.165, 1.54) is 19.3 Å². The van der Waals surface area contributed by atoms with Crippen molar-refractivity contribution in [1.29, 1.82) is 0 Å². The van der Waals surface area contributed by atoms with Crippen LogP contribution >= 0.6 is 0 Å². The van der Waals surface area contributed by atoms with Gasteiger partial charge in [0.1, 0.15) is 5.76 Å². The number of cyclic esters (lactones) is 1. The van der Waals surface area contributed by atoms with Gasteiger partial charge >= 0.3 is 5.97 Å². The van der Waals surface area contributed by atoms with Crippen molar-refractivity contribution in [2.45, 2.75) is 45.4 Å². The average Bonchev–Trinajstić information content (AvgIpc) is 2.51.